The summed E-state index contributed by atoms with van der Waals surface area (Å²) in [4.78, 5) is 28.8. The first-order chi connectivity index (χ1) is 12.1. The summed E-state index contributed by atoms with van der Waals surface area (Å²) in [5.74, 6) is -0.332. The van der Waals surface area contributed by atoms with Gasteiger partial charge in [-0.15, -0.1) is 0 Å². The van der Waals surface area contributed by atoms with Crippen molar-refractivity contribution in [1.29, 1.82) is 0 Å². The molecule has 0 radical (unpaired) electrons. The number of carbonyl (C=O) groups is 2. The molecule has 1 aliphatic heterocycles. The molecule has 2 aromatic rings. The van der Waals surface area contributed by atoms with Crippen molar-refractivity contribution in [3.8, 4) is 0 Å². The number of hydrazone groups is 1. The second-order valence-electron chi connectivity index (χ2n) is 5.93. The zero-order valence-corrected chi connectivity index (χ0v) is 14.1. The monoisotopic (exact) mass is 336 g/mol. The lowest BCUT2D eigenvalue weighted by Gasteiger charge is -2.24. The zero-order valence-electron chi connectivity index (χ0n) is 14.1. The van der Waals surface area contributed by atoms with E-state index in [2.05, 4.69) is 15.4 Å². The Morgan fingerprint density at radius 1 is 1.16 bits per heavy atom. The lowest BCUT2D eigenvalue weighted by Crippen LogP contribution is -2.39. The molecular weight excluding hydrogens is 316 g/mol. The van der Waals surface area contributed by atoms with Crippen LogP contribution < -0.4 is 5.32 Å². The van der Waals surface area contributed by atoms with Crippen molar-refractivity contribution in [2.24, 2.45) is 5.10 Å². The number of pyridine rings is 1. The van der Waals surface area contributed by atoms with Gasteiger partial charge in [0.2, 0.25) is 5.91 Å². The molecule has 2 amide bonds. The predicted molar refractivity (Wildman–Crippen MR) is 94.5 cm³/mol. The molecular formula is C19H20N4O2. The maximum absolute atomic E-state index is 12.5. The third-order valence-corrected chi connectivity index (χ3v) is 4.02. The number of rotatable bonds is 5. The first kappa shape index (κ1) is 16.8. The minimum atomic E-state index is -0.260. The maximum atomic E-state index is 12.5. The molecule has 0 fully saturated rings. The number of hydrogen-bond acceptors (Lipinski definition) is 4. The van der Waals surface area contributed by atoms with E-state index in [0.717, 1.165) is 11.3 Å². The maximum Gasteiger partial charge on any atom is 0.268 e. The Balaban J connectivity index is 1.69. The summed E-state index contributed by atoms with van der Waals surface area (Å²) in [6.07, 6.45) is 2.33. The topological polar surface area (TPSA) is 74.7 Å². The van der Waals surface area contributed by atoms with Crippen molar-refractivity contribution in [1.82, 2.24) is 15.3 Å². The van der Waals surface area contributed by atoms with Gasteiger partial charge in [-0.2, -0.15) is 5.10 Å². The van der Waals surface area contributed by atoms with E-state index in [0.29, 0.717) is 18.7 Å². The molecule has 0 bridgehead atoms. The average Bonchev–Trinajstić information content (AvgIpc) is 2.65. The Labute approximate surface area is 146 Å². The Bertz CT molecular complexity index is 775. The van der Waals surface area contributed by atoms with Crippen LogP contribution in [0.3, 0.4) is 0 Å². The van der Waals surface area contributed by atoms with E-state index in [1.807, 2.05) is 55.5 Å². The molecule has 1 atom stereocenters. The van der Waals surface area contributed by atoms with E-state index in [1.54, 1.807) is 6.20 Å². The minimum Gasteiger partial charge on any atom is -0.343 e. The van der Waals surface area contributed by atoms with Crippen molar-refractivity contribution in [2.45, 2.75) is 32.4 Å². The molecule has 3 rings (SSSR count). The van der Waals surface area contributed by atoms with Gasteiger partial charge in [-0.25, -0.2) is 5.01 Å². The van der Waals surface area contributed by atoms with Gasteiger partial charge < -0.3 is 5.32 Å². The Kier molecular flexibility index (Phi) is 5.18. The standard InChI is InChI=1S/C19H20N4O2/c1-14(16-9-5-6-12-20-16)21-19(25)17-10-11-18(24)23(22-17)13-15-7-3-2-4-8-15/h2-9,12,14H,10-11,13H2,1H3,(H,21,25)/t14-/m1/s1. The first-order valence-electron chi connectivity index (χ1n) is 8.27. The molecule has 0 saturated heterocycles. The van der Waals surface area contributed by atoms with Crippen LogP contribution in [0, 0.1) is 0 Å². The Morgan fingerprint density at radius 2 is 1.92 bits per heavy atom. The molecule has 6 heteroatoms. The van der Waals surface area contributed by atoms with Crippen LogP contribution >= 0.6 is 0 Å². The van der Waals surface area contributed by atoms with Gasteiger partial charge in [0.15, 0.2) is 0 Å². The largest absolute Gasteiger partial charge is 0.343 e. The smallest absolute Gasteiger partial charge is 0.268 e. The highest BCUT2D eigenvalue weighted by Gasteiger charge is 2.25. The number of aromatic nitrogens is 1. The van der Waals surface area contributed by atoms with Gasteiger partial charge in [0.25, 0.3) is 5.91 Å². The van der Waals surface area contributed by atoms with Crippen LogP contribution in [0.25, 0.3) is 0 Å². The first-order valence-corrected chi connectivity index (χ1v) is 8.27. The molecule has 1 aromatic carbocycles. The normalized spacial score (nSPS) is 15.5. The van der Waals surface area contributed by atoms with E-state index in [-0.39, 0.29) is 24.3 Å². The second-order valence-corrected chi connectivity index (χ2v) is 5.93. The van der Waals surface area contributed by atoms with E-state index in [4.69, 9.17) is 0 Å². The van der Waals surface area contributed by atoms with Crippen molar-refractivity contribution < 1.29 is 9.59 Å². The zero-order chi connectivity index (χ0) is 17.6. The van der Waals surface area contributed by atoms with Gasteiger partial charge >= 0.3 is 0 Å². The fraction of sp³-hybridized carbons (Fsp3) is 0.263. The van der Waals surface area contributed by atoms with Crippen molar-refractivity contribution in [3.05, 3.63) is 66.0 Å². The Hall–Kier alpha value is -3.02. The summed E-state index contributed by atoms with van der Waals surface area (Å²) in [6.45, 7) is 2.24. The van der Waals surface area contributed by atoms with Crippen molar-refractivity contribution in [3.63, 3.8) is 0 Å². The number of hydrogen-bond donors (Lipinski definition) is 1. The third-order valence-electron chi connectivity index (χ3n) is 4.02. The van der Waals surface area contributed by atoms with Crippen molar-refractivity contribution >= 4 is 17.5 Å². The molecule has 2 heterocycles. The molecule has 0 spiro atoms. The fourth-order valence-corrected chi connectivity index (χ4v) is 2.63. The number of nitrogens with one attached hydrogen (secondary N) is 1. The van der Waals surface area contributed by atoms with Gasteiger partial charge in [-0.3, -0.25) is 14.6 Å². The Morgan fingerprint density at radius 3 is 2.64 bits per heavy atom. The summed E-state index contributed by atoms with van der Waals surface area (Å²) < 4.78 is 0. The highest BCUT2D eigenvalue weighted by molar-refractivity contribution is 6.39. The van der Waals surface area contributed by atoms with Gasteiger partial charge in [0, 0.05) is 19.0 Å². The summed E-state index contributed by atoms with van der Waals surface area (Å²) in [5.41, 5.74) is 2.13. The number of amides is 2. The lowest BCUT2D eigenvalue weighted by molar-refractivity contribution is -0.132. The highest BCUT2D eigenvalue weighted by Crippen LogP contribution is 2.15. The quantitative estimate of drug-likeness (QED) is 0.911. The molecule has 25 heavy (non-hydrogen) atoms. The van der Waals surface area contributed by atoms with Crippen LogP contribution in [-0.4, -0.2) is 27.5 Å². The average molecular weight is 336 g/mol. The molecule has 6 nitrogen and oxygen atoms in total. The van der Waals surface area contributed by atoms with E-state index < -0.39 is 0 Å². The molecule has 0 saturated carbocycles. The second kappa shape index (κ2) is 7.70. The SMILES string of the molecule is C[C@@H](NC(=O)C1=NN(Cc2ccccc2)C(=O)CC1)c1ccccn1. The van der Waals surface area contributed by atoms with Gasteiger partial charge in [-0.05, 0) is 24.6 Å². The van der Waals surface area contributed by atoms with Gasteiger partial charge in [0.05, 0.1) is 18.3 Å². The minimum absolute atomic E-state index is 0.0711. The predicted octanol–water partition coefficient (Wildman–Crippen LogP) is 2.44. The third kappa shape index (κ3) is 4.29. The van der Waals surface area contributed by atoms with E-state index in [9.17, 15) is 9.59 Å². The molecule has 1 N–H and O–H groups in total. The summed E-state index contributed by atoms with van der Waals surface area (Å²) >= 11 is 0. The van der Waals surface area contributed by atoms with Crippen molar-refractivity contribution in [2.75, 3.05) is 0 Å². The summed E-state index contributed by atoms with van der Waals surface area (Å²) in [5, 5.41) is 8.54. The summed E-state index contributed by atoms with van der Waals surface area (Å²) in [7, 11) is 0. The number of carbonyl (C=O) groups excluding carboxylic acids is 2. The van der Waals surface area contributed by atoms with Gasteiger partial charge in [0.1, 0.15) is 5.71 Å². The number of nitrogens with zero attached hydrogens (tertiary/aromatic N) is 3. The molecule has 1 aromatic heterocycles. The molecule has 1 aliphatic rings. The molecule has 0 unspecified atom stereocenters. The van der Waals surface area contributed by atoms with Gasteiger partial charge in [-0.1, -0.05) is 36.4 Å². The van der Waals surface area contributed by atoms with Crippen LogP contribution in [0.1, 0.15) is 37.1 Å². The summed E-state index contributed by atoms with van der Waals surface area (Å²) in [6, 6.07) is 14.9. The van der Waals surface area contributed by atoms with Crippen LogP contribution in [0.5, 0.6) is 0 Å². The highest BCUT2D eigenvalue weighted by atomic mass is 16.2. The van der Waals surface area contributed by atoms with Crippen LogP contribution in [0.15, 0.2) is 59.8 Å². The lowest BCUT2D eigenvalue weighted by atomic mass is 10.1. The van der Waals surface area contributed by atoms with Crippen LogP contribution in [0.2, 0.25) is 0 Å². The number of benzene rings is 1. The van der Waals surface area contributed by atoms with Crippen LogP contribution in [0.4, 0.5) is 0 Å². The van der Waals surface area contributed by atoms with E-state index in [1.165, 1.54) is 5.01 Å². The fourth-order valence-electron chi connectivity index (χ4n) is 2.63. The van der Waals surface area contributed by atoms with E-state index >= 15 is 0 Å². The van der Waals surface area contributed by atoms with Crippen LogP contribution in [-0.2, 0) is 16.1 Å². The molecule has 0 aliphatic carbocycles. The molecule has 128 valence electrons.